The van der Waals surface area contributed by atoms with Crippen LogP contribution in [0.2, 0.25) is 0 Å². The van der Waals surface area contributed by atoms with Crippen LogP contribution in [0, 0.1) is 12.8 Å². The number of benzene rings is 1. The lowest BCUT2D eigenvalue weighted by Gasteiger charge is -2.44. The van der Waals surface area contributed by atoms with Gasteiger partial charge in [0.25, 0.3) is 0 Å². The van der Waals surface area contributed by atoms with Gasteiger partial charge in [0, 0.05) is 12.1 Å². The molecule has 1 aromatic carbocycles. The number of hydrogen-bond donors (Lipinski definition) is 2. The van der Waals surface area contributed by atoms with E-state index in [0.717, 1.165) is 30.4 Å². The molecule has 2 N–H and O–H groups in total. The molecule has 0 saturated carbocycles. The lowest BCUT2D eigenvalue weighted by Crippen LogP contribution is -2.60. The highest BCUT2D eigenvalue weighted by atomic mass is 16.6. The third kappa shape index (κ3) is 9.82. The van der Waals surface area contributed by atoms with Gasteiger partial charge in [-0.05, 0) is 66.4 Å². The molecule has 0 radical (unpaired) electrons. The summed E-state index contributed by atoms with van der Waals surface area (Å²) in [6.45, 7) is 19.6. The number of aryl methyl sites for hydroxylation is 1. The van der Waals surface area contributed by atoms with Crippen molar-refractivity contribution in [3.63, 3.8) is 0 Å². The standard InChI is InChI=1S/C29H49N3O4/c1-11-13-14-18-30-25(33)24(22-17-15-16-20(3)19-22)32(28(5,6)7)26(34)23(21(4)12-2)31-27(35)36-29(8,9)10/h15-17,19,21,23-24H,11-14,18H2,1-10H3,(H,30,33)(H,31,35). The minimum atomic E-state index is -0.843. The summed E-state index contributed by atoms with van der Waals surface area (Å²) in [6, 6.07) is 6.01. The Morgan fingerprint density at radius 1 is 1.03 bits per heavy atom. The van der Waals surface area contributed by atoms with Crippen LogP contribution in [0.4, 0.5) is 4.79 Å². The van der Waals surface area contributed by atoms with E-state index < -0.39 is 29.3 Å². The Balaban J connectivity index is 3.51. The third-order valence-corrected chi connectivity index (χ3v) is 6.06. The summed E-state index contributed by atoms with van der Waals surface area (Å²) in [5, 5.41) is 5.86. The molecule has 0 aliphatic carbocycles. The predicted octanol–water partition coefficient (Wildman–Crippen LogP) is 5.91. The largest absolute Gasteiger partial charge is 0.444 e. The molecule has 0 heterocycles. The van der Waals surface area contributed by atoms with E-state index in [2.05, 4.69) is 17.6 Å². The van der Waals surface area contributed by atoms with Gasteiger partial charge in [-0.1, -0.05) is 69.9 Å². The number of carbonyl (C=O) groups excluding carboxylic acids is 3. The van der Waals surface area contributed by atoms with Crippen LogP contribution in [0.5, 0.6) is 0 Å². The van der Waals surface area contributed by atoms with E-state index in [1.54, 1.807) is 25.7 Å². The summed E-state index contributed by atoms with van der Waals surface area (Å²) >= 11 is 0. The summed E-state index contributed by atoms with van der Waals surface area (Å²) in [7, 11) is 0. The van der Waals surface area contributed by atoms with Gasteiger partial charge in [-0.25, -0.2) is 4.79 Å². The van der Waals surface area contributed by atoms with Crippen LogP contribution in [-0.4, -0.2) is 46.5 Å². The van der Waals surface area contributed by atoms with Crippen molar-refractivity contribution in [2.75, 3.05) is 6.54 Å². The first-order chi connectivity index (χ1) is 16.6. The van der Waals surface area contributed by atoms with Crippen molar-refractivity contribution in [2.24, 2.45) is 5.92 Å². The highest BCUT2D eigenvalue weighted by Gasteiger charge is 2.43. The molecule has 0 fully saturated rings. The Morgan fingerprint density at radius 3 is 2.17 bits per heavy atom. The first-order valence-electron chi connectivity index (χ1n) is 13.3. The van der Waals surface area contributed by atoms with Crippen LogP contribution in [-0.2, 0) is 14.3 Å². The second-order valence-electron chi connectivity index (χ2n) is 11.7. The number of unbranched alkanes of at least 4 members (excludes halogenated alkanes) is 2. The van der Waals surface area contributed by atoms with Gasteiger partial charge >= 0.3 is 6.09 Å². The molecule has 36 heavy (non-hydrogen) atoms. The van der Waals surface area contributed by atoms with Crippen molar-refractivity contribution in [2.45, 2.75) is 118 Å². The molecule has 0 aromatic heterocycles. The van der Waals surface area contributed by atoms with E-state index in [0.29, 0.717) is 13.0 Å². The normalized spacial score (nSPS) is 14.4. The summed E-state index contributed by atoms with van der Waals surface area (Å²) < 4.78 is 5.46. The van der Waals surface area contributed by atoms with E-state index in [4.69, 9.17) is 4.74 Å². The number of carbonyl (C=O) groups is 3. The highest BCUT2D eigenvalue weighted by Crippen LogP contribution is 2.31. The minimum absolute atomic E-state index is 0.166. The number of alkyl carbamates (subject to hydrolysis) is 1. The van der Waals surface area contributed by atoms with Crippen LogP contribution >= 0.6 is 0 Å². The van der Waals surface area contributed by atoms with Gasteiger partial charge in [-0.3, -0.25) is 9.59 Å². The van der Waals surface area contributed by atoms with E-state index >= 15 is 0 Å². The molecule has 0 bridgehead atoms. The van der Waals surface area contributed by atoms with Crippen LogP contribution in [0.15, 0.2) is 24.3 Å². The zero-order chi connectivity index (χ0) is 27.7. The molecule has 0 aliphatic heterocycles. The number of rotatable bonds is 11. The molecule has 1 rings (SSSR count). The van der Waals surface area contributed by atoms with Crippen molar-refractivity contribution in [1.82, 2.24) is 15.5 Å². The maximum absolute atomic E-state index is 14.2. The minimum Gasteiger partial charge on any atom is -0.444 e. The van der Waals surface area contributed by atoms with Gasteiger partial charge in [0.1, 0.15) is 17.7 Å². The first kappa shape index (κ1) is 31.5. The van der Waals surface area contributed by atoms with Gasteiger partial charge < -0.3 is 20.3 Å². The molecular formula is C29H49N3O4. The SMILES string of the molecule is CCCCCNC(=O)C(c1cccc(C)c1)N(C(=O)C(NC(=O)OC(C)(C)C)C(C)CC)C(C)(C)C. The molecule has 0 aliphatic rings. The number of amides is 3. The predicted molar refractivity (Wildman–Crippen MR) is 146 cm³/mol. The quantitative estimate of drug-likeness (QED) is 0.368. The van der Waals surface area contributed by atoms with Crippen LogP contribution in [0.25, 0.3) is 0 Å². The topological polar surface area (TPSA) is 87.7 Å². The van der Waals surface area contributed by atoms with Gasteiger partial charge in [0.15, 0.2) is 0 Å². The third-order valence-electron chi connectivity index (χ3n) is 6.06. The number of nitrogens with zero attached hydrogens (tertiary/aromatic N) is 1. The Morgan fingerprint density at radius 2 is 1.67 bits per heavy atom. The van der Waals surface area contributed by atoms with Crippen LogP contribution < -0.4 is 10.6 Å². The Bertz CT molecular complexity index is 870. The maximum Gasteiger partial charge on any atom is 0.408 e. The fourth-order valence-electron chi connectivity index (χ4n) is 4.05. The van der Waals surface area contributed by atoms with Gasteiger partial charge in [-0.15, -0.1) is 0 Å². The lowest BCUT2D eigenvalue weighted by atomic mass is 9.91. The maximum atomic E-state index is 14.2. The van der Waals surface area contributed by atoms with Crippen LogP contribution in [0.3, 0.4) is 0 Å². The van der Waals surface area contributed by atoms with E-state index in [9.17, 15) is 14.4 Å². The highest BCUT2D eigenvalue weighted by molar-refractivity contribution is 5.92. The summed E-state index contributed by atoms with van der Waals surface area (Å²) in [5.74, 6) is -0.696. The van der Waals surface area contributed by atoms with Crippen molar-refractivity contribution in [3.8, 4) is 0 Å². The molecule has 3 amide bonds. The number of nitrogens with one attached hydrogen (secondary N) is 2. The first-order valence-corrected chi connectivity index (χ1v) is 13.3. The molecule has 3 atom stereocenters. The molecule has 204 valence electrons. The number of hydrogen-bond acceptors (Lipinski definition) is 4. The zero-order valence-corrected chi connectivity index (χ0v) is 24.2. The van der Waals surface area contributed by atoms with Gasteiger partial charge in [0.05, 0.1) is 0 Å². The Hall–Kier alpha value is -2.57. The number of ether oxygens (including phenoxy) is 1. The van der Waals surface area contributed by atoms with Crippen molar-refractivity contribution in [3.05, 3.63) is 35.4 Å². The smallest absolute Gasteiger partial charge is 0.408 e. The summed E-state index contributed by atoms with van der Waals surface area (Å²) in [4.78, 5) is 42.2. The van der Waals surface area contributed by atoms with Crippen molar-refractivity contribution >= 4 is 17.9 Å². The van der Waals surface area contributed by atoms with Crippen molar-refractivity contribution in [1.29, 1.82) is 0 Å². The Labute approximate surface area is 218 Å². The second kappa shape index (κ2) is 13.7. The Kier molecular flexibility index (Phi) is 11.9. The molecule has 0 saturated heterocycles. The molecule has 7 heteroatoms. The fourth-order valence-corrected chi connectivity index (χ4v) is 4.05. The van der Waals surface area contributed by atoms with Crippen LogP contribution in [0.1, 0.15) is 105 Å². The average Bonchev–Trinajstić information content (AvgIpc) is 2.75. The molecule has 1 aromatic rings. The van der Waals surface area contributed by atoms with E-state index in [1.807, 2.05) is 65.8 Å². The zero-order valence-electron chi connectivity index (χ0n) is 24.2. The van der Waals surface area contributed by atoms with Gasteiger partial charge in [-0.2, -0.15) is 0 Å². The average molecular weight is 504 g/mol. The second-order valence-corrected chi connectivity index (χ2v) is 11.7. The molecule has 3 unspecified atom stereocenters. The summed E-state index contributed by atoms with van der Waals surface area (Å²) in [5.41, 5.74) is 0.349. The van der Waals surface area contributed by atoms with E-state index in [1.165, 1.54) is 0 Å². The van der Waals surface area contributed by atoms with Gasteiger partial charge in [0.2, 0.25) is 11.8 Å². The lowest BCUT2D eigenvalue weighted by molar-refractivity contribution is -0.149. The summed E-state index contributed by atoms with van der Waals surface area (Å²) in [6.07, 6.45) is 2.97. The monoisotopic (exact) mass is 503 g/mol. The molecular weight excluding hydrogens is 454 g/mol. The fraction of sp³-hybridized carbons (Fsp3) is 0.690. The van der Waals surface area contributed by atoms with Crippen molar-refractivity contribution < 1.29 is 19.1 Å². The van der Waals surface area contributed by atoms with E-state index in [-0.39, 0.29) is 17.7 Å². The molecule has 0 spiro atoms. The molecule has 7 nitrogen and oxygen atoms in total.